The molecule has 5 heteroatoms. The molecule has 0 bridgehead atoms. The van der Waals surface area contributed by atoms with E-state index in [1.807, 2.05) is 18.2 Å². The Labute approximate surface area is 98.5 Å². The number of hydrogen-bond donors (Lipinski definition) is 2. The van der Waals surface area contributed by atoms with Crippen LogP contribution in [0.25, 0.3) is 11.2 Å². The van der Waals surface area contributed by atoms with E-state index in [1.165, 1.54) is 5.56 Å². The van der Waals surface area contributed by atoms with Crippen LogP contribution in [0.2, 0.25) is 0 Å². The van der Waals surface area contributed by atoms with Gasteiger partial charge in [0.15, 0.2) is 5.65 Å². The van der Waals surface area contributed by atoms with Gasteiger partial charge >= 0.3 is 0 Å². The Morgan fingerprint density at radius 3 is 2.65 bits per heavy atom. The van der Waals surface area contributed by atoms with Crippen LogP contribution in [0, 0.1) is 0 Å². The molecule has 5 nitrogen and oxygen atoms in total. The molecule has 3 aromatic rings. The third-order valence-corrected chi connectivity index (χ3v) is 2.52. The maximum Gasteiger partial charge on any atom is 0.180 e. The number of aromatic amines is 1. The average Bonchev–Trinajstić information content (AvgIpc) is 2.80. The van der Waals surface area contributed by atoms with Crippen molar-refractivity contribution in [1.29, 1.82) is 0 Å². The van der Waals surface area contributed by atoms with Crippen molar-refractivity contribution in [3.05, 3.63) is 54.2 Å². The van der Waals surface area contributed by atoms with Gasteiger partial charge in [-0.2, -0.15) is 0 Å². The van der Waals surface area contributed by atoms with Gasteiger partial charge < -0.3 is 11.1 Å². The highest BCUT2D eigenvalue weighted by Gasteiger charge is 2.05. The van der Waals surface area contributed by atoms with Crippen LogP contribution >= 0.6 is 0 Å². The highest BCUT2D eigenvalue weighted by atomic mass is 15.0. The topological polar surface area (TPSA) is 89.5 Å². The molecule has 4 N–H and O–H groups in total. The molecule has 0 atom stereocenters. The molecule has 0 unspecified atom stereocenters. The summed E-state index contributed by atoms with van der Waals surface area (Å²) in [5, 5.41) is 0. The minimum Gasteiger partial charge on any atom is -0.344 e. The Hall–Kier alpha value is -2.27. The molecule has 0 aliphatic carbocycles. The van der Waals surface area contributed by atoms with Gasteiger partial charge in [0, 0.05) is 6.42 Å². The van der Waals surface area contributed by atoms with Crippen molar-refractivity contribution >= 4 is 11.2 Å². The van der Waals surface area contributed by atoms with Crippen LogP contribution < -0.4 is 6.15 Å². The standard InChI is InChI=1S/C12H10N4.H3N/c1-2-4-9(5-3-1)6-10-11-12(15-7-13-10)16-8-14-11;/h1-5,7-8H,6H2,(H,13,14,15,16);1H3. The quantitative estimate of drug-likeness (QED) is 0.701. The number of rotatable bonds is 2. The van der Waals surface area contributed by atoms with Gasteiger partial charge in [0.05, 0.1) is 12.0 Å². The SMILES string of the molecule is N.c1ccc(Cc2ncnc3nc[nH]c23)cc1. The number of H-pyrrole nitrogens is 1. The van der Waals surface area contributed by atoms with Gasteiger partial charge in [-0.15, -0.1) is 0 Å². The minimum atomic E-state index is 0. The summed E-state index contributed by atoms with van der Waals surface area (Å²) >= 11 is 0. The Morgan fingerprint density at radius 2 is 1.82 bits per heavy atom. The van der Waals surface area contributed by atoms with Crippen molar-refractivity contribution in [2.75, 3.05) is 0 Å². The summed E-state index contributed by atoms with van der Waals surface area (Å²) in [5.74, 6) is 0. The lowest BCUT2D eigenvalue weighted by Gasteiger charge is -2.01. The van der Waals surface area contributed by atoms with Gasteiger partial charge in [-0.25, -0.2) is 15.0 Å². The van der Waals surface area contributed by atoms with Crippen LogP contribution in [-0.4, -0.2) is 19.9 Å². The minimum absolute atomic E-state index is 0. The van der Waals surface area contributed by atoms with E-state index in [4.69, 9.17) is 0 Å². The first-order chi connectivity index (χ1) is 7.93. The van der Waals surface area contributed by atoms with Crippen molar-refractivity contribution in [2.24, 2.45) is 0 Å². The predicted molar refractivity (Wildman–Crippen MR) is 66.0 cm³/mol. The zero-order valence-corrected chi connectivity index (χ0v) is 9.30. The Bertz CT molecular complexity index is 602. The summed E-state index contributed by atoms with van der Waals surface area (Å²) in [4.78, 5) is 15.6. The first-order valence-corrected chi connectivity index (χ1v) is 5.10. The summed E-state index contributed by atoms with van der Waals surface area (Å²) < 4.78 is 0. The number of fused-ring (bicyclic) bond motifs is 1. The van der Waals surface area contributed by atoms with E-state index < -0.39 is 0 Å². The van der Waals surface area contributed by atoms with Crippen LogP contribution in [0.4, 0.5) is 0 Å². The number of aromatic nitrogens is 4. The molecule has 0 fully saturated rings. The average molecular weight is 227 g/mol. The number of imidazole rings is 1. The molecule has 0 radical (unpaired) electrons. The van der Waals surface area contributed by atoms with Crippen LogP contribution in [0.1, 0.15) is 11.3 Å². The van der Waals surface area contributed by atoms with Crippen molar-refractivity contribution in [1.82, 2.24) is 26.1 Å². The lowest BCUT2D eigenvalue weighted by atomic mass is 10.1. The molecule has 3 rings (SSSR count). The molecule has 0 aliphatic heterocycles. The van der Waals surface area contributed by atoms with Gasteiger partial charge in [0.1, 0.15) is 11.8 Å². The van der Waals surface area contributed by atoms with Gasteiger partial charge in [-0.05, 0) is 5.56 Å². The molecule has 0 amide bonds. The summed E-state index contributed by atoms with van der Waals surface area (Å²) in [6.07, 6.45) is 4.00. The van der Waals surface area contributed by atoms with E-state index in [1.54, 1.807) is 12.7 Å². The van der Waals surface area contributed by atoms with E-state index in [0.717, 1.165) is 23.3 Å². The van der Waals surface area contributed by atoms with E-state index in [9.17, 15) is 0 Å². The summed E-state index contributed by atoms with van der Waals surface area (Å²) in [6, 6.07) is 10.2. The van der Waals surface area contributed by atoms with E-state index in [2.05, 4.69) is 32.1 Å². The van der Waals surface area contributed by atoms with E-state index in [-0.39, 0.29) is 6.15 Å². The fourth-order valence-corrected chi connectivity index (χ4v) is 1.74. The predicted octanol–water partition coefficient (Wildman–Crippen LogP) is 2.11. The molecule has 17 heavy (non-hydrogen) atoms. The second-order valence-electron chi connectivity index (χ2n) is 3.58. The maximum atomic E-state index is 4.29. The molecule has 0 saturated heterocycles. The largest absolute Gasteiger partial charge is 0.344 e. The molecular formula is C12H13N5. The van der Waals surface area contributed by atoms with Crippen LogP contribution in [0.3, 0.4) is 0 Å². The first-order valence-electron chi connectivity index (χ1n) is 5.10. The maximum absolute atomic E-state index is 4.29. The highest BCUT2D eigenvalue weighted by molar-refractivity contribution is 5.72. The van der Waals surface area contributed by atoms with Crippen molar-refractivity contribution < 1.29 is 0 Å². The molecule has 0 saturated carbocycles. The molecule has 0 aliphatic rings. The Morgan fingerprint density at radius 1 is 1.00 bits per heavy atom. The molecular weight excluding hydrogens is 214 g/mol. The van der Waals surface area contributed by atoms with Gasteiger partial charge in [-0.1, -0.05) is 30.3 Å². The summed E-state index contributed by atoms with van der Waals surface area (Å²) in [7, 11) is 0. The highest BCUT2D eigenvalue weighted by Crippen LogP contribution is 2.13. The third-order valence-electron chi connectivity index (χ3n) is 2.52. The van der Waals surface area contributed by atoms with Crippen molar-refractivity contribution in [2.45, 2.75) is 6.42 Å². The van der Waals surface area contributed by atoms with E-state index in [0.29, 0.717) is 0 Å². The molecule has 1 aromatic carbocycles. The second kappa shape index (κ2) is 4.71. The van der Waals surface area contributed by atoms with Crippen molar-refractivity contribution in [3.63, 3.8) is 0 Å². The lowest BCUT2D eigenvalue weighted by molar-refractivity contribution is 1.05. The van der Waals surface area contributed by atoms with Crippen molar-refractivity contribution in [3.8, 4) is 0 Å². The van der Waals surface area contributed by atoms with Crippen LogP contribution in [-0.2, 0) is 6.42 Å². The van der Waals surface area contributed by atoms with Gasteiger partial charge in [0.25, 0.3) is 0 Å². The fraction of sp³-hybridized carbons (Fsp3) is 0.0833. The Kier molecular flexibility index (Phi) is 3.11. The van der Waals surface area contributed by atoms with Gasteiger partial charge in [0.2, 0.25) is 0 Å². The Balaban J connectivity index is 0.00000108. The second-order valence-corrected chi connectivity index (χ2v) is 3.58. The molecule has 86 valence electrons. The smallest absolute Gasteiger partial charge is 0.180 e. The number of hydrogen-bond acceptors (Lipinski definition) is 4. The number of nitrogens with zero attached hydrogens (tertiary/aromatic N) is 3. The summed E-state index contributed by atoms with van der Waals surface area (Å²) in [6.45, 7) is 0. The first kappa shape index (κ1) is 11.2. The zero-order valence-electron chi connectivity index (χ0n) is 9.30. The van der Waals surface area contributed by atoms with E-state index >= 15 is 0 Å². The monoisotopic (exact) mass is 227 g/mol. The fourth-order valence-electron chi connectivity index (χ4n) is 1.74. The third kappa shape index (κ3) is 2.14. The summed E-state index contributed by atoms with van der Waals surface area (Å²) in [5.41, 5.74) is 3.86. The molecule has 0 spiro atoms. The van der Waals surface area contributed by atoms with Crippen LogP contribution in [0.5, 0.6) is 0 Å². The normalized spacial score (nSPS) is 10.1. The molecule has 2 heterocycles. The molecule has 2 aromatic heterocycles. The zero-order chi connectivity index (χ0) is 10.8. The lowest BCUT2D eigenvalue weighted by Crippen LogP contribution is -1.94. The van der Waals surface area contributed by atoms with Gasteiger partial charge in [-0.3, -0.25) is 0 Å². The number of nitrogens with one attached hydrogen (secondary N) is 1. The number of benzene rings is 1. The van der Waals surface area contributed by atoms with Crippen LogP contribution in [0.15, 0.2) is 43.0 Å².